The third-order valence-corrected chi connectivity index (χ3v) is 0.977. The largest absolute Gasteiger partial charge is 0.0917 e. The summed E-state index contributed by atoms with van der Waals surface area (Å²) in [6.07, 6.45) is 6.68. The van der Waals surface area contributed by atoms with Crippen molar-refractivity contribution in [3.05, 3.63) is 12.2 Å². The molecule has 0 rings (SSSR count). The normalized spacial score (nSPS) is 18.1. The highest BCUT2D eigenvalue weighted by molar-refractivity contribution is 4.75. The van der Waals surface area contributed by atoms with E-state index in [1.807, 2.05) is 13.0 Å². The van der Waals surface area contributed by atoms with Gasteiger partial charge >= 0.3 is 0 Å². The summed E-state index contributed by atoms with van der Waals surface area (Å²) in [5.74, 6) is 0. The second-order valence-electron chi connectivity index (χ2n) is 1.72. The zero-order valence-corrected chi connectivity index (χ0v) is 5.56. The maximum atomic E-state index is 7.40. The molecule has 0 aromatic carbocycles. The van der Waals surface area contributed by atoms with E-state index >= 15 is 0 Å². The van der Waals surface area contributed by atoms with Gasteiger partial charge < -0.3 is 0 Å². The van der Waals surface area contributed by atoms with Crippen LogP contribution in [0.25, 0.3) is 0 Å². The zero-order chi connectivity index (χ0) is 7.82. The van der Waals surface area contributed by atoms with Crippen LogP contribution in [0.2, 0.25) is 0 Å². The Kier molecular flexibility index (Phi) is 3.88. The summed E-state index contributed by atoms with van der Waals surface area (Å²) in [5, 5.41) is 0. The minimum absolute atomic E-state index is 0.0197. The Bertz CT molecular complexity index is 89.3. The number of hydrogen-bond acceptors (Lipinski definition) is 0. The molecule has 0 heterocycles. The lowest BCUT2D eigenvalue weighted by molar-refractivity contribution is 0.729. The molecule has 0 spiro atoms. The van der Waals surface area contributed by atoms with Crippen molar-refractivity contribution in [1.82, 2.24) is 0 Å². The molecule has 8 heavy (non-hydrogen) atoms. The predicted octanol–water partition coefficient (Wildman–Crippen LogP) is 3.14. The molecule has 0 amide bonds. The molecule has 0 radical (unpaired) electrons. The highest BCUT2D eigenvalue weighted by atomic mass is 13.8. The fourth-order valence-electron chi connectivity index (χ4n) is 0.525. The van der Waals surface area contributed by atoms with Crippen LogP contribution in [0.15, 0.2) is 12.2 Å². The van der Waals surface area contributed by atoms with Crippen LogP contribution >= 0.6 is 0 Å². The minimum Gasteiger partial charge on any atom is -0.0917 e. The fraction of sp³-hybridized carbons (Fsp3) is 0.750. The van der Waals surface area contributed by atoms with Crippen molar-refractivity contribution in [2.75, 3.05) is 0 Å². The Morgan fingerprint density at radius 1 is 1.75 bits per heavy atom. The Morgan fingerprint density at radius 2 is 2.62 bits per heavy atom. The number of rotatable bonds is 4. The Morgan fingerprint density at radius 3 is 3.25 bits per heavy atom. The van der Waals surface area contributed by atoms with E-state index in [0.717, 1.165) is 19.3 Å². The van der Waals surface area contributed by atoms with Gasteiger partial charge in [-0.3, -0.25) is 0 Å². The Labute approximate surface area is 55.4 Å². The van der Waals surface area contributed by atoms with Gasteiger partial charge in [0.05, 0.1) is 0 Å². The van der Waals surface area contributed by atoms with E-state index in [9.17, 15) is 0 Å². The first-order valence-corrected chi connectivity index (χ1v) is 3.14. The molecule has 0 aromatic rings. The van der Waals surface area contributed by atoms with Crippen LogP contribution in [0.4, 0.5) is 0 Å². The standard InChI is InChI=1S/C8H16/c1-3-5-7-8-6-4-2/h3,5H,4,6-8H2,1-2H3/i2D,6D. The van der Waals surface area contributed by atoms with Gasteiger partial charge in [-0.15, -0.1) is 0 Å². The molecule has 48 valence electrons. The van der Waals surface area contributed by atoms with Crippen molar-refractivity contribution in [3.8, 4) is 0 Å². The fourth-order valence-corrected chi connectivity index (χ4v) is 0.525. The lowest BCUT2D eigenvalue weighted by atomic mass is 10.2. The third-order valence-electron chi connectivity index (χ3n) is 0.977. The van der Waals surface area contributed by atoms with E-state index in [1.54, 1.807) is 0 Å². The van der Waals surface area contributed by atoms with E-state index in [4.69, 9.17) is 2.74 Å². The monoisotopic (exact) mass is 114 g/mol. The first-order chi connectivity index (χ1) is 4.81. The van der Waals surface area contributed by atoms with Crippen LogP contribution < -0.4 is 0 Å². The SMILES string of the molecule is [2H]CCC([2H])CCC=CC. The Balaban J connectivity index is 3.12. The highest BCUT2D eigenvalue weighted by Gasteiger charge is 1.78. The van der Waals surface area contributed by atoms with E-state index in [1.165, 1.54) is 0 Å². The van der Waals surface area contributed by atoms with Gasteiger partial charge in [-0.05, 0) is 19.8 Å². The van der Waals surface area contributed by atoms with Crippen LogP contribution in [-0.2, 0) is 0 Å². The maximum Gasteiger partial charge on any atom is 0.0267 e. The molecule has 0 fully saturated rings. The van der Waals surface area contributed by atoms with Crippen molar-refractivity contribution in [2.24, 2.45) is 0 Å². The topological polar surface area (TPSA) is 0 Å². The smallest absolute Gasteiger partial charge is 0.0267 e. The molecule has 0 aliphatic rings. The summed E-state index contributed by atoms with van der Waals surface area (Å²) in [6.45, 7) is 2.38. The van der Waals surface area contributed by atoms with Crippen LogP contribution in [0.1, 0.15) is 42.2 Å². The van der Waals surface area contributed by atoms with Gasteiger partial charge in [-0.1, -0.05) is 31.9 Å². The molecular formula is C8H16. The summed E-state index contributed by atoms with van der Waals surface area (Å²) in [5.41, 5.74) is 0. The van der Waals surface area contributed by atoms with E-state index in [2.05, 4.69) is 6.08 Å². The Hall–Kier alpha value is -0.260. The van der Waals surface area contributed by atoms with Gasteiger partial charge in [0, 0.05) is 2.74 Å². The summed E-state index contributed by atoms with van der Waals surface area (Å²) in [4.78, 5) is 0. The lowest BCUT2D eigenvalue weighted by Gasteiger charge is -1.88. The first kappa shape index (κ1) is 4.60. The van der Waals surface area contributed by atoms with Gasteiger partial charge in [0.15, 0.2) is 0 Å². The third kappa shape index (κ3) is 5.74. The van der Waals surface area contributed by atoms with Crippen LogP contribution in [0.5, 0.6) is 0 Å². The zero-order valence-electron chi connectivity index (χ0n) is 7.56. The lowest BCUT2D eigenvalue weighted by Crippen LogP contribution is -1.68. The average molecular weight is 114 g/mol. The first-order valence-electron chi connectivity index (χ1n) is 4.42. The van der Waals surface area contributed by atoms with Gasteiger partial charge in [0.2, 0.25) is 0 Å². The number of allylic oxidation sites excluding steroid dienone is 2. The molecule has 0 heteroatoms. The van der Waals surface area contributed by atoms with E-state index < -0.39 is 0 Å². The van der Waals surface area contributed by atoms with Gasteiger partial charge in [-0.2, -0.15) is 0 Å². The number of hydrogen-bond donors (Lipinski definition) is 0. The van der Waals surface area contributed by atoms with Crippen LogP contribution in [0.3, 0.4) is 0 Å². The van der Waals surface area contributed by atoms with Crippen LogP contribution in [0, 0.1) is 0 Å². The summed E-state index contributed by atoms with van der Waals surface area (Å²) >= 11 is 0. The molecule has 0 aliphatic heterocycles. The van der Waals surface area contributed by atoms with Gasteiger partial charge in [-0.25, -0.2) is 0 Å². The molecule has 0 aromatic heterocycles. The predicted molar refractivity (Wildman–Crippen MR) is 39.0 cm³/mol. The average Bonchev–Trinajstić information content (AvgIpc) is 1.89. The molecule has 0 N–H and O–H groups in total. The van der Waals surface area contributed by atoms with Crippen LogP contribution in [-0.4, -0.2) is 0 Å². The second kappa shape index (κ2) is 6.74. The molecule has 0 bridgehead atoms. The molecule has 0 saturated carbocycles. The molecule has 1 atom stereocenters. The van der Waals surface area contributed by atoms with E-state index in [0.29, 0.717) is 6.90 Å². The maximum absolute atomic E-state index is 7.40. The summed E-state index contributed by atoms with van der Waals surface area (Å²) in [7, 11) is 0. The summed E-state index contributed by atoms with van der Waals surface area (Å²) in [6, 6.07) is 0. The molecule has 0 aliphatic carbocycles. The van der Waals surface area contributed by atoms with Gasteiger partial charge in [0.1, 0.15) is 0 Å². The minimum atomic E-state index is -0.0197. The molecule has 1 unspecified atom stereocenters. The van der Waals surface area contributed by atoms with Crippen molar-refractivity contribution >= 4 is 0 Å². The quantitative estimate of drug-likeness (QED) is 0.492. The van der Waals surface area contributed by atoms with Crippen molar-refractivity contribution < 1.29 is 2.74 Å². The highest BCUT2D eigenvalue weighted by Crippen LogP contribution is 1.98. The second-order valence-corrected chi connectivity index (χ2v) is 1.72. The van der Waals surface area contributed by atoms with Gasteiger partial charge in [0.25, 0.3) is 0 Å². The van der Waals surface area contributed by atoms with Crippen molar-refractivity contribution in [3.63, 3.8) is 0 Å². The van der Waals surface area contributed by atoms with Crippen molar-refractivity contribution in [2.45, 2.75) is 39.5 Å². The summed E-state index contributed by atoms with van der Waals surface area (Å²) < 4.78 is 14.3. The molecule has 0 nitrogen and oxygen atoms in total. The van der Waals surface area contributed by atoms with E-state index in [-0.39, 0.29) is 6.40 Å². The van der Waals surface area contributed by atoms with Crippen molar-refractivity contribution in [1.29, 1.82) is 0 Å². The molecule has 0 saturated heterocycles. The molecular weight excluding hydrogens is 96.1 g/mol.